The molecule has 3 fully saturated rings. The number of halogens is 2. The zero-order valence-corrected chi connectivity index (χ0v) is 25.9. The molecule has 4 heterocycles. The molecule has 4 aromatic rings. The molecule has 0 radical (unpaired) electrons. The van der Waals surface area contributed by atoms with Gasteiger partial charge < -0.3 is 28.4 Å². The first kappa shape index (κ1) is 28.6. The monoisotopic (exact) mass is 632 g/mol. The largest absolute Gasteiger partial charge is 0.465 e. The predicted octanol–water partition coefficient (Wildman–Crippen LogP) is 5.90. The molecule has 1 aliphatic carbocycles. The molecule has 4 aliphatic rings. The van der Waals surface area contributed by atoms with E-state index in [1.54, 1.807) is 25.1 Å². The first-order valence-electron chi connectivity index (χ1n) is 15.5. The normalized spacial score (nSPS) is 25.5. The van der Waals surface area contributed by atoms with Crippen LogP contribution in [0.15, 0.2) is 54.6 Å². The summed E-state index contributed by atoms with van der Waals surface area (Å²) in [5.74, 6) is 0.0754. The molecule has 0 N–H and O–H groups in total. The number of carbonyl (C=O) groups excluding carboxylic acids is 1. The summed E-state index contributed by atoms with van der Waals surface area (Å²) in [7, 11) is 1.40. The third-order valence-corrected chi connectivity index (χ3v) is 10.00. The maximum absolute atomic E-state index is 14.9. The second kappa shape index (κ2) is 10.9. The minimum absolute atomic E-state index is 0.144. The van der Waals surface area contributed by atoms with Crippen LogP contribution < -0.4 is 14.4 Å². The lowest BCUT2D eigenvalue weighted by atomic mass is 9.81. The van der Waals surface area contributed by atoms with Gasteiger partial charge in [-0.1, -0.05) is 17.7 Å². The number of esters is 1. The van der Waals surface area contributed by atoms with Crippen LogP contribution in [0.25, 0.3) is 11.0 Å². The van der Waals surface area contributed by atoms with E-state index in [0.717, 1.165) is 61.5 Å². The van der Waals surface area contributed by atoms with Gasteiger partial charge >= 0.3 is 5.97 Å². The highest BCUT2D eigenvalue weighted by atomic mass is 35.5. The smallest absolute Gasteiger partial charge is 0.337 e. The summed E-state index contributed by atoms with van der Waals surface area (Å²) < 4.78 is 40.6. The fourth-order valence-electron chi connectivity index (χ4n) is 7.18. The van der Waals surface area contributed by atoms with Gasteiger partial charge in [-0.25, -0.2) is 14.2 Å². The van der Waals surface area contributed by atoms with Gasteiger partial charge in [-0.15, -0.1) is 0 Å². The molecule has 234 valence electrons. The summed E-state index contributed by atoms with van der Waals surface area (Å²) in [6.07, 6.45) is 3.30. The molecule has 3 aliphatic heterocycles. The lowest BCUT2D eigenvalue weighted by molar-refractivity contribution is -0.0706. The van der Waals surface area contributed by atoms with Crippen LogP contribution in [0.3, 0.4) is 0 Å². The molecular weight excluding hydrogens is 599 g/mol. The number of para-hydroxylation sites is 1. The molecule has 1 saturated carbocycles. The third kappa shape index (κ3) is 4.81. The molecule has 11 heteroatoms. The van der Waals surface area contributed by atoms with Gasteiger partial charge in [0.05, 0.1) is 54.2 Å². The molecule has 45 heavy (non-hydrogen) atoms. The lowest BCUT2D eigenvalue weighted by Crippen LogP contribution is -2.64. The quantitative estimate of drug-likeness (QED) is 0.233. The van der Waals surface area contributed by atoms with E-state index in [1.165, 1.54) is 13.2 Å². The van der Waals surface area contributed by atoms with Gasteiger partial charge in [0.2, 0.25) is 0 Å². The molecule has 2 saturated heterocycles. The van der Waals surface area contributed by atoms with Gasteiger partial charge in [-0.05, 0) is 67.8 Å². The van der Waals surface area contributed by atoms with E-state index in [4.69, 9.17) is 35.5 Å². The fraction of sp³-hybridized carbons (Fsp3) is 0.412. The highest BCUT2D eigenvalue weighted by molar-refractivity contribution is 6.30. The van der Waals surface area contributed by atoms with Gasteiger partial charge in [0.15, 0.2) is 11.5 Å². The van der Waals surface area contributed by atoms with Crippen LogP contribution in [-0.4, -0.2) is 65.4 Å². The molecule has 0 amide bonds. The highest BCUT2D eigenvalue weighted by Gasteiger charge is 2.47. The Hall–Kier alpha value is -3.86. The number of ether oxygens (including phenoxy) is 4. The van der Waals surface area contributed by atoms with Gasteiger partial charge in [-0.2, -0.15) is 0 Å². The molecule has 3 aromatic carbocycles. The summed E-state index contributed by atoms with van der Waals surface area (Å²) >= 11 is 6.01. The second-order valence-electron chi connectivity index (χ2n) is 12.4. The Balaban J connectivity index is 1.05. The number of imidazole rings is 1. The first-order chi connectivity index (χ1) is 21.8. The lowest BCUT2D eigenvalue weighted by Gasteiger charge is -2.54. The van der Waals surface area contributed by atoms with E-state index in [0.29, 0.717) is 52.8 Å². The van der Waals surface area contributed by atoms with Gasteiger partial charge in [-0.3, -0.25) is 4.90 Å². The highest BCUT2D eigenvalue weighted by Crippen LogP contribution is 2.51. The number of fused-ring (bicyclic) bond motifs is 3. The molecule has 8 rings (SSSR count). The Kier molecular flexibility index (Phi) is 6.92. The maximum atomic E-state index is 14.9. The van der Waals surface area contributed by atoms with Crippen LogP contribution in [0.4, 0.5) is 10.1 Å². The van der Waals surface area contributed by atoms with E-state index < -0.39 is 11.6 Å². The first-order valence-corrected chi connectivity index (χ1v) is 15.9. The summed E-state index contributed by atoms with van der Waals surface area (Å²) in [4.78, 5) is 22.3. The number of hydrogen-bond acceptors (Lipinski definition) is 8. The maximum Gasteiger partial charge on any atom is 0.337 e. The van der Waals surface area contributed by atoms with E-state index in [2.05, 4.69) is 20.4 Å². The molecule has 0 spiro atoms. The van der Waals surface area contributed by atoms with Crippen LogP contribution in [0.2, 0.25) is 5.02 Å². The van der Waals surface area contributed by atoms with E-state index in [9.17, 15) is 9.18 Å². The number of benzene rings is 3. The molecule has 1 aromatic heterocycles. The Bertz CT molecular complexity index is 1810. The average Bonchev–Trinajstić information content (AvgIpc) is 3.51. The van der Waals surface area contributed by atoms with Crippen molar-refractivity contribution in [2.45, 2.75) is 63.3 Å². The van der Waals surface area contributed by atoms with Crippen LogP contribution >= 0.6 is 11.6 Å². The van der Waals surface area contributed by atoms with Gasteiger partial charge in [0.25, 0.3) is 5.79 Å². The van der Waals surface area contributed by atoms with Crippen LogP contribution in [-0.2, 0) is 28.4 Å². The second-order valence-corrected chi connectivity index (χ2v) is 12.8. The van der Waals surface area contributed by atoms with Crippen molar-refractivity contribution in [1.82, 2.24) is 14.5 Å². The summed E-state index contributed by atoms with van der Waals surface area (Å²) in [5, 5.41) is 0.322. The molecule has 3 unspecified atom stereocenters. The van der Waals surface area contributed by atoms with E-state index in [-0.39, 0.29) is 12.1 Å². The number of carbonyl (C=O) groups is 1. The number of piperazine rings is 1. The van der Waals surface area contributed by atoms with E-state index >= 15 is 0 Å². The Morgan fingerprint density at radius 2 is 1.93 bits per heavy atom. The number of rotatable bonds is 7. The average molecular weight is 633 g/mol. The topological polar surface area (TPSA) is 78.3 Å². The van der Waals surface area contributed by atoms with Crippen molar-refractivity contribution in [3.8, 4) is 11.5 Å². The minimum Gasteiger partial charge on any atom is -0.465 e. The zero-order valence-electron chi connectivity index (χ0n) is 25.2. The van der Waals surface area contributed by atoms with Crippen molar-refractivity contribution in [3.63, 3.8) is 0 Å². The Morgan fingerprint density at radius 1 is 1.09 bits per heavy atom. The standard InChI is InChI=1S/C34H34ClFN4O5/c1-34(23-8-7-21(35)17-24(23)36)44-30-5-3-4-28(32(30)45-34)39-14-13-38(26-10-11-27(26)39)19-31-37-25-9-6-20(33(41)42-2)16-29(25)40(31)18-22-12-15-43-22/h3-9,16-17,22,26-27H,10-15,18-19H2,1-2H3/t22-,26?,27?,34?/m0/s1. The van der Waals surface area contributed by atoms with Crippen LogP contribution in [0.1, 0.15) is 47.9 Å². The molecule has 4 atom stereocenters. The van der Waals surface area contributed by atoms with Crippen molar-refractivity contribution in [3.05, 3.63) is 82.4 Å². The van der Waals surface area contributed by atoms with Crippen molar-refractivity contribution in [2.24, 2.45) is 0 Å². The van der Waals surface area contributed by atoms with Gasteiger partial charge in [0, 0.05) is 43.7 Å². The van der Waals surface area contributed by atoms with Crippen molar-refractivity contribution in [1.29, 1.82) is 0 Å². The molecule has 9 nitrogen and oxygen atoms in total. The molecular formula is C34H34ClFN4O5. The third-order valence-electron chi connectivity index (χ3n) is 9.76. The summed E-state index contributed by atoms with van der Waals surface area (Å²) in [6, 6.07) is 16.6. The van der Waals surface area contributed by atoms with Crippen LogP contribution in [0, 0.1) is 5.82 Å². The SMILES string of the molecule is COC(=O)c1ccc2nc(CN3CCN(c4cccc5c4OC(C)(c4ccc(Cl)cc4F)O5)C4CCC43)n(C[C@@H]3CCO3)c2c1. The predicted molar refractivity (Wildman–Crippen MR) is 166 cm³/mol. The fourth-order valence-corrected chi connectivity index (χ4v) is 7.34. The van der Waals surface area contributed by atoms with Crippen molar-refractivity contribution in [2.75, 3.05) is 31.7 Å². The number of aromatic nitrogens is 2. The number of nitrogens with zero attached hydrogens (tertiary/aromatic N) is 4. The van der Waals surface area contributed by atoms with Crippen LogP contribution in [0.5, 0.6) is 11.5 Å². The van der Waals surface area contributed by atoms with Gasteiger partial charge in [0.1, 0.15) is 11.6 Å². The zero-order chi connectivity index (χ0) is 30.9. The van der Waals surface area contributed by atoms with Crippen molar-refractivity contribution >= 4 is 34.3 Å². The number of methoxy groups -OCH3 is 1. The summed E-state index contributed by atoms with van der Waals surface area (Å²) in [6.45, 7) is 5.55. The van der Waals surface area contributed by atoms with E-state index in [1.807, 2.05) is 24.3 Å². The number of hydrogen-bond donors (Lipinski definition) is 0. The molecule has 0 bridgehead atoms. The van der Waals surface area contributed by atoms with Crippen molar-refractivity contribution < 1.29 is 28.1 Å². The Labute approximate surface area is 265 Å². The summed E-state index contributed by atoms with van der Waals surface area (Å²) in [5.41, 5.74) is 3.55. The minimum atomic E-state index is -1.30. The number of anilines is 1. The Morgan fingerprint density at radius 3 is 2.67 bits per heavy atom.